The number of tetrazole rings is 1. The quantitative estimate of drug-likeness (QED) is 0.709. The number of pyridine rings is 1. The standard InChI is InChI=1S/C14H9N5O3/c20-13(8-3-4-19-12(6-8)16-17-18-19)15-10-1-2-11-9(5-10)7-22-14(11)21/h1-6H,7H2,(H,15,20). The number of anilines is 1. The minimum absolute atomic E-state index is 0.231. The third-order valence-electron chi connectivity index (χ3n) is 3.40. The number of hydrogen-bond acceptors (Lipinski definition) is 6. The normalized spacial score (nSPS) is 13.0. The Bertz CT molecular complexity index is 918. The van der Waals surface area contributed by atoms with Crippen molar-refractivity contribution in [1.82, 2.24) is 20.0 Å². The van der Waals surface area contributed by atoms with Crippen molar-refractivity contribution in [3.8, 4) is 0 Å². The van der Waals surface area contributed by atoms with Crippen molar-refractivity contribution in [1.29, 1.82) is 0 Å². The van der Waals surface area contributed by atoms with Gasteiger partial charge < -0.3 is 10.1 Å². The minimum atomic E-state index is -0.336. The highest BCUT2D eigenvalue weighted by Crippen LogP contribution is 2.23. The molecule has 0 bridgehead atoms. The minimum Gasteiger partial charge on any atom is -0.457 e. The molecule has 8 heteroatoms. The summed E-state index contributed by atoms with van der Waals surface area (Å²) < 4.78 is 6.40. The van der Waals surface area contributed by atoms with E-state index in [1.54, 1.807) is 36.5 Å². The first-order valence-electron chi connectivity index (χ1n) is 6.50. The number of rotatable bonds is 2. The lowest BCUT2D eigenvalue weighted by Crippen LogP contribution is -2.12. The second kappa shape index (κ2) is 4.62. The summed E-state index contributed by atoms with van der Waals surface area (Å²) in [6.45, 7) is 0.231. The highest BCUT2D eigenvalue weighted by Gasteiger charge is 2.21. The summed E-state index contributed by atoms with van der Waals surface area (Å²) >= 11 is 0. The van der Waals surface area contributed by atoms with E-state index in [-0.39, 0.29) is 18.5 Å². The molecule has 1 amide bonds. The van der Waals surface area contributed by atoms with Crippen LogP contribution >= 0.6 is 0 Å². The molecule has 0 aliphatic carbocycles. The van der Waals surface area contributed by atoms with E-state index in [4.69, 9.17) is 4.74 Å². The predicted molar refractivity (Wildman–Crippen MR) is 74.3 cm³/mol. The van der Waals surface area contributed by atoms with Crippen LogP contribution in [0.15, 0.2) is 36.5 Å². The first-order valence-corrected chi connectivity index (χ1v) is 6.50. The molecule has 0 spiro atoms. The maximum atomic E-state index is 12.3. The number of cyclic esters (lactones) is 1. The Hall–Kier alpha value is -3.29. The summed E-state index contributed by atoms with van der Waals surface area (Å²) in [5, 5.41) is 13.8. The van der Waals surface area contributed by atoms with Crippen LogP contribution in [0, 0.1) is 0 Å². The van der Waals surface area contributed by atoms with Crippen LogP contribution in [-0.4, -0.2) is 31.9 Å². The van der Waals surface area contributed by atoms with Crippen LogP contribution in [-0.2, 0) is 11.3 Å². The van der Waals surface area contributed by atoms with Gasteiger partial charge >= 0.3 is 5.97 Å². The average Bonchev–Trinajstić information content (AvgIpc) is 3.13. The summed E-state index contributed by atoms with van der Waals surface area (Å²) in [5.41, 5.74) is 2.83. The fraction of sp³-hybridized carbons (Fsp3) is 0.0714. The van der Waals surface area contributed by atoms with Crippen LogP contribution in [0.5, 0.6) is 0 Å². The summed E-state index contributed by atoms with van der Waals surface area (Å²) in [6.07, 6.45) is 1.61. The van der Waals surface area contributed by atoms with Gasteiger partial charge in [-0.1, -0.05) is 0 Å². The van der Waals surface area contributed by atoms with Gasteiger partial charge in [0.1, 0.15) is 6.61 Å². The topological polar surface area (TPSA) is 98.5 Å². The van der Waals surface area contributed by atoms with E-state index in [1.807, 2.05) is 0 Å². The van der Waals surface area contributed by atoms with Crippen molar-refractivity contribution in [3.63, 3.8) is 0 Å². The van der Waals surface area contributed by atoms with Crippen LogP contribution in [0.4, 0.5) is 5.69 Å². The summed E-state index contributed by atoms with van der Waals surface area (Å²) in [7, 11) is 0. The monoisotopic (exact) mass is 295 g/mol. The molecule has 1 aliphatic heterocycles. The van der Waals surface area contributed by atoms with Gasteiger partial charge in [-0.15, -0.1) is 5.10 Å². The molecular formula is C14H9N5O3. The maximum Gasteiger partial charge on any atom is 0.338 e. The van der Waals surface area contributed by atoms with Gasteiger partial charge in [0.25, 0.3) is 5.91 Å². The van der Waals surface area contributed by atoms with Crippen LogP contribution in [0.2, 0.25) is 0 Å². The molecule has 22 heavy (non-hydrogen) atoms. The Balaban J connectivity index is 1.60. The largest absolute Gasteiger partial charge is 0.457 e. The predicted octanol–water partition coefficient (Wildman–Crippen LogP) is 1.05. The second-order valence-corrected chi connectivity index (χ2v) is 4.80. The van der Waals surface area contributed by atoms with E-state index in [0.29, 0.717) is 22.5 Å². The summed E-state index contributed by atoms with van der Waals surface area (Å²) in [6, 6.07) is 8.26. The number of amides is 1. The third-order valence-corrected chi connectivity index (χ3v) is 3.40. The van der Waals surface area contributed by atoms with Gasteiger partial charge in [-0.25, -0.2) is 9.31 Å². The van der Waals surface area contributed by atoms with Crippen molar-refractivity contribution in [3.05, 3.63) is 53.2 Å². The lowest BCUT2D eigenvalue weighted by molar-refractivity contribution is 0.0535. The van der Waals surface area contributed by atoms with Gasteiger partial charge in [0, 0.05) is 23.0 Å². The number of carbonyl (C=O) groups excluding carboxylic acids is 2. The molecule has 0 radical (unpaired) electrons. The molecule has 4 rings (SSSR count). The van der Waals surface area contributed by atoms with Crippen molar-refractivity contribution < 1.29 is 14.3 Å². The van der Waals surface area contributed by atoms with Crippen molar-refractivity contribution in [2.45, 2.75) is 6.61 Å². The third kappa shape index (κ3) is 1.97. The number of nitrogens with zero attached hydrogens (tertiary/aromatic N) is 4. The molecule has 2 aromatic heterocycles. The maximum absolute atomic E-state index is 12.3. The fourth-order valence-electron chi connectivity index (χ4n) is 2.30. The molecule has 0 unspecified atom stereocenters. The lowest BCUT2D eigenvalue weighted by atomic mass is 10.1. The van der Waals surface area contributed by atoms with Gasteiger partial charge in [0.2, 0.25) is 0 Å². The van der Waals surface area contributed by atoms with Gasteiger partial charge in [-0.2, -0.15) is 0 Å². The molecule has 0 saturated carbocycles. The Labute approximate surface area is 123 Å². The van der Waals surface area contributed by atoms with Crippen LogP contribution < -0.4 is 5.32 Å². The molecule has 0 fully saturated rings. The summed E-state index contributed by atoms with van der Waals surface area (Å²) in [5.74, 6) is -0.617. The van der Waals surface area contributed by atoms with Crippen molar-refractivity contribution in [2.75, 3.05) is 5.32 Å². The number of esters is 1. The second-order valence-electron chi connectivity index (χ2n) is 4.80. The lowest BCUT2D eigenvalue weighted by Gasteiger charge is -2.06. The van der Waals surface area contributed by atoms with Crippen LogP contribution in [0.3, 0.4) is 0 Å². The molecule has 3 aromatic rings. The zero-order chi connectivity index (χ0) is 15.1. The first kappa shape index (κ1) is 12.5. The fourth-order valence-corrected chi connectivity index (χ4v) is 2.30. The average molecular weight is 295 g/mol. The van der Waals surface area contributed by atoms with E-state index < -0.39 is 0 Å². The highest BCUT2D eigenvalue weighted by molar-refractivity contribution is 6.05. The molecule has 108 valence electrons. The van der Waals surface area contributed by atoms with E-state index in [0.717, 1.165) is 5.56 Å². The Kier molecular flexibility index (Phi) is 2.62. The number of nitrogens with one attached hydrogen (secondary N) is 1. The zero-order valence-corrected chi connectivity index (χ0v) is 11.2. The van der Waals surface area contributed by atoms with E-state index in [9.17, 15) is 9.59 Å². The van der Waals surface area contributed by atoms with Gasteiger partial charge in [-0.3, -0.25) is 4.79 Å². The molecular weight excluding hydrogens is 286 g/mol. The Morgan fingerprint density at radius 2 is 2.18 bits per heavy atom. The first-order chi connectivity index (χ1) is 10.7. The van der Waals surface area contributed by atoms with Crippen molar-refractivity contribution >= 4 is 23.2 Å². The number of fused-ring (bicyclic) bond motifs is 2. The molecule has 1 aromatic carbocycles. The zero-order valence-electron chi connectivity index (χ0n) is 11.2. The van der Waals surface area contributed by atoms with Gasteiger partial charge in [0.15, 0.2) is 5.65 Å². The number of benzene rings is 1. The molecule has 8 nitrogen and oxygen atoms in total. The van der Waals surface area contributed by atoms with Crippen LogP contribution in [0.1, 0.15) is 26.3 Å². The van der Waals surface area contributed by atoms with Gasteiger partial charge in [-0.05, 0) is 40.8 Å². The SMILES string of the molecule is O=C(Nc1ccc2c(c1)COC2=O)c1ccn2nnnc2c1. The molecule has 3 heterocycles. The van der Waals surface area contributed by atoms with E-state index in [2.05, 4.69) is 20.8 Å². The Morgan fingerprint density at radius 1 is 1.27 bits per heavy atom. The van der Waals surface area contributed by atoms with E-state index >= 15 is 0 Å². The van der Waals surface area contributed by atoms with Gasteiger partial charge in [0.05, 0.1) is 5.56 Å². The van der Waals surface area contributed by atoms with Crippen LogP contribution in [0.25, 0.3) is 5.65 Å². The Morgan fingerprint density at radius 3 is 3.09 bits per heavy atom. The molecule has 1 N–H and O–H groups in total. The van der Waals surface area contributed by atoms with E-state index in [1.165, 1.54) is 4.52 Å². The number of aromatic nitrogens is 4. The number of carbonyl (C=O) groups is 2. The smallest absolute Gasteiger partial charge is 0.338 e. The highest BCUT2D eigenvalue weighted by atomic mass is 16.5. The summed E-state index contributed by atoms with van der Waals surface area (Å²) in [4.78, 5) is 23.6. The number of hydrogen-bond donors (Lipinski definition) is 1. The molecule has 0 saturated heterocycles. The number of ether oxygens (including phenoxy) is 1. The van der Waals surface area contributed by atoms with Crippen molar-refractivity contribution in [2.24, 2.45) is 0 Å². The molecule has 0 atom stereocenters. The molecule has 1 aliphatic rings.